The number of carbonyl (C=O) groups excluding carboxylic acids is 2. The minimum absolute atomic E-state index is 0.0675. The summed E-state index contributed by atoms with van der Waals surface area (Å²) >= 11 is 6.14. The number of hydrogen-bond acceptors (Lipinski definition) is 5. The van der Waals surface area contributed by atoms with Gasteiger partial charge in [-0.15, -0.1) is 0 Å². The Kier molecular flexibility index (Phi) is 7.79. The van der Waals surface area contributed by atoms with Crippen molar-refractivity contribution in [2.75, 3.05) is 0 Å². The number of halogens is 1. The van der Waals surface area contributed by atoms with Gasteiger partial charge in [0, 0.05) is 16.4 Å². The first kappa shape index (κ1) is 23.9. The van der Waals surface area contributed by atoms with E-state index in [2.05, 4.69) is 5.32 Å². The highest BCUT2D eigenvalue weighted by molar-refractivity contribution is 6.30. The molecular weight excluding hydrogens is 438 g/mol. The molecule has 178 valence electrons. The average molecular weight is 472 g/mol. The molecule has 0 bridgehead atoms. The lowest BCUT2D eigenvalue weighted by atomic mass is 9.80. The molecule has 33 heavy (non-hydrogen) atoms. The Hall–Kier alpha value is -2.27. The molecule has 6 heteroatoms. The van der Waals surface area contributed by atoms with Crippen molar-refractivity contribution in [3.63, 3.8) is 0 Å². The quantitative estimate of drug-likeness (QED) is 0.508. The van der Waals surface area contributed by atoms with Crippen molar-refractivity contribution in [1.29, 1.82) is 0 Å². The third-order valence-electron chi connectivity index (χ3n) is 7.06. The summed E-state index contributed by atoms with van der Waals surface area (Å²) in [6.07, 6.45) is 10.1. The summed E-state index contributed by atoms with van der Waals surface area (Å²) in [4.78, 5) is 26.9. The molecule has 1 aliphatic heterocycles. The fourth-order valence-electron chi connectivity index (χ4n) is 5.32. The summed E-state index contributed by atoms with van der Waals surface area (Å²) < 4.78 is 11.9. The van der Waals surface area contributed by atoms with Crippen LogP contribution in [0.1, 0.15) is 89.5 Å². The molecule has 0 unspecified atom stereocenters. The van der Waals surface area contributed by atoms with E-state index < -0.39 is 5.92 Å². The Labute approximate surface area is 201 Å². The second-order valence-corrected chi connectivity index (χ2v) is 9.95. The van der Waals surface area contributed by atoms with E-state index >= 15 is 0 Å². The Morgan fingerprint density at radius 1 is 0.758 bits per heavy atom. The predicted molar refractivity (Wildman–Crippen MR) is 129 cm³/mol. The Bertz CT molecular complexity index is 883. The van der Waals surface area contributed by atoms with Gasteiger partial charge in [-0.25, -0.2) is 9.59 Å². The molecule has 1 aromatic rings. The van der Waals surface area contributed by atoms with Crippen LogP contribution in [-0.4, -0.2) is 24.1 Å². The van der Waals surface area contributed by atoms with E-state index in [1.165, 1.54) is 12.8 Å². The van der Waals surface area contributed by atoms with Crippen LogP contribution < -0.4 is 5.32 Å². The smallest absolute Gasteiger partial charge is 0.337 e. The van der Waals surface area contributed by atoms with Crippen LogP contribution in [0, 0.1) is 0 Å². The Morgan fingerprint density at radius 2 is 1.18 bits per heavy atom. The summed E-state index contributed by atoms with van der Waals surface area (Å²) in [7, 11) is 0. The predicted octanol–water partition coefficient (Wildman–Crippen LogP) is 6.33. The maximum atomic E-state index is 13.5. The van der Waals surface area contributed by atoms with Gasteiger partial charge in [0.05, 0.1) is 17.1 Å². The number of benzene rings is 1. The number of dihydropyridines is 1. The topological polar surface area (TPSA) is 64.6 Å². The van der Waals surface area contributed by atoms with Crippen molar-refractivity contribution in [1.82, 2.24) is 5.32 Å². The van der Waals surface area contributed by atoms with Gasteiger partial charge in [-0.05, 0) is 82.9 Å². The minimum Gasteiger partial charge on any atom is -0.459 e. The van der Waals surface area contributed by atoms with Gasteiger partial charge in [0.1, 0.15) is 12.2 Å². The zero-order chi connectivity index (χ0) is 23.4. The lowest BCUT2D eigenvalue weighted by Crippen LogP contribution is -2.35. The highest BCUT2D eigenvalue weighted by atomic mass is 35.5. The highest BCUT2D eigenvalue weighted by Crippen LogP contribution is 2.40. The molecule has 0 spiro atoms. The van der Waals surface area contributed by atoms with Gasteiger partial charge < -0.3 is 14.8 Å². The van der Waals surface area contributed by atoms with Crippen molar-refractivity contribution >= 4 is 23.5 Å². The lowest BCUT2D eigenvalue weighted by Gasteiger charge is -2.33. The van der Waals surface area contributed by atoms with Gasteiger partial charge in [0.25, 0.3) is 0 Å². The van der Waals surface area contributed by atoms with E-state index in [9.17, 15) is 9.59 Å². The second kappa shape index (κ2) is 10.8. The first-order valence-corrected chi connectivity index (χ1v) is 12.7. The van der Waals surface area contributed by atoms with Gasteiger partial charge in [0.2, 0.25) is 0 Å². The normalized spacial score (nSPS) is 21.1. The summed E-state index contributed by atoms with van der Waals surface area (Å²) in [5.74, 6) is -1.28. The second-order valence-electron chi connectivity index (χ2n) is 9.52. The molecule has 0 radical (unpaired) electrons. The number of nitrogens with one attached hydrogen (secondary N) is 1. The molecular formula is C27H34ClNO4. The molecule has 5 nitrogen and oxygen atoms in total. The number of allylic oxidation sites excluding steroid dienone is 2. The SMILES string of the molecule is CC1=C(C(=O)OC2CCCCC2)C(c2ccc(Cl)cc2)C(C(=O)OC2CCCCC2)=C(C)N1. The number of rotatable bonds is 5. The van der Waals surface area contributed by atoms with E-state index in [-0.39, 0.29) is 24.1 Å². The highest BCUT2D eigenvalue weighted by Gasteiger charge is 2.39. The number of carbonyl (C=O) groups is 2. The number of hydrogen-bond donors (Lipinski definition) is 1. The van der Waals surface area contributed by atoms with Crippen LogP contribution in [0.2, 0.25) is 5.02 Å². The van der Waals surface area contributed by atoms with Crippen LogP contribution >= 0.6 is 11.6 Å². The van der Waals surface area contributed by atoms with E-state index in [1.807, 2.05) is 26.0 Å². The van der Waals surface area contributed by atoms with Crippen molar-refractivity contribution in [3.8, 4) is 0 Å². The third-order valence-corrected chi connectivity index (χ3v) is 7.31. The molecule has 0 amide bonds. The van der Waals surface area contributed by atoms with Crippen LogP contribution in [-0.2, 0) is 19.1 Å². The van der Waals surface area contributed by atoms with Gasteiger partial charge in [-0.2, -0.15) is 0 Å². The van der Waals surface area contributed by atoms with Crippen LogP contribution in [0.15, 0.2) is 46.8 Å². The Balaban J connectivity index is 1.66. The van der Waals surface area contributed by atoms with Crippen molar-refractivity contribution in [2.45, 2.75) is 96.2 Å². The molecule has 2 saturated carbocycles. The summed E-state index contributed by atoms with van der Waals surface area (Å²) in [6, 6.07) is 7.33. The maximum Gasteiger partial charge on any atom is 0.337 e. The largest absolute Gasteiger partial charge is 0.459 e. The van der Waals surface area contributed by atoms with Crippen molar-refractivity contribution in [2.24, 2.45) is 0 Å². The lowest BCUT2D eigenvalue weighted by molar-refractivity contribution is -0.146. The summed E-state index contributed by atoms with van der Waals surface area (Å²) in [6.45, 7) is 3.74. The van der Waals surface area contributed by atoms with Crippen molar-refractivity contribution < 1.29 is 19.1 Å². The fourth-order valence-corrected chi connectivity index (χ4v) is 5.45. The monoisotopic (exact) mass is 471 g/mol. The third kappa shape index (κ3) is 5.63. The molecule has 3 aliphatic rings. The van der Waals surface area contributed by atoms with Gasteiger partial charge in [0.15, 0.2) is 0 Å². The summed E-state index contributed by atoms with van der Waals surface area (Å²) in [5.41, 5.74) is 3.20. The standard InChI is InChI=1S/C27H34ClNO4/c1-17-23(26(30)32-21-9-5-3-6-10-21)25(19-13-15-20(28)16-14-19)24(18(2)29-17)27(31)33-22-11-7-4-8-12-22/h13-16,21-22,25,29H,3-12H2,1-2H3. The first-order chi connectivity index (χ1) is 15.9. The molecule has 0 saturated heterocycles. The van der Waals surface area contributed by atoms with Crippen LogP contribution in [0.5, 0.6) is 0 Å². The average Bonchev–Trinajstić information content (AvgIpc) is 2.80. The Morgan fingerprint density at radius 3 is 1.61 bits per heavy atom. The van der Waals surface area contributed by atoms with Gasteiger partial charge in [-0.1, -0.05) is 36.6 Å². The molecule has 1 aromatic carbocycles. The van der Waals surface area contributed by atoms with Crippen LogP contribution in [0.4, 0.5) is 0 Å². The molecule has 0 atom stereocenters. The van der Waals surface area contributed by atoms with Crippen molar-refractivity contribution in [3.05, 3.63) is 57.4 Å². The van der Waals surface area contributed by atoms with Crippen LogP contribution in [0.25, 0.3) is 0 Å². The van der Waals surface area contributed by atoms with E-state index in [0.29, 0.717) is 27.6 Å². The zero-order valence-corrected chi connectivity index (χ0v) is 20.4. The molecule has 2 aliphatic carbocycles. The van der Waals surface area contributed by atoms with E-state index in [1.54, 1.807) is 12.1 Å². The van der Waals surface area contributed by atoms with Crippen LogP contribution in [0.3, 0.4) is 0 Å². The molecule has 0 aromatic heterocycles. The maximum absolute atomic E-state index is 13.5. The zero-order valence-electron chi connectivity index (χ0n) is 19.6. The van der Waals surface area contributed by atoms with Gasteiger partial charge in [-0.3, -0.25) is 0 Å². The minimum atomic E-state index is -0.560. The molecule has 1 heterocycles. The molecule has 4 rings (SSSR count). The number of esters is 2. The van der Waals surface area contributed by atoms with E-state index in [4.69, 9.17) is 21.1 Å². The molecule has 1 N–H and O–H groups in total. The first-order valence-electron chi connectivity index (χ1n) is 12.3. The summed E-state index contributed by atoms with van der Waals surface area (Å²) in [5, 5.41) is 3.86. The van der Waals surface area contributed by atoms with Gasteiger partial charge >= 0.3 is 11.9 Å². The number of ether oxygens (including phenoxy) is 2. The van der Waals surface area contributed by atoms with E-state index in [0.717, 1.165) is 56.9 Å². The fraction of sp³-hybridized carbons (Fsp3) is 0.556. The molecule has 2 fully saturated rings.